The largest absolute Gasteiger partial charge is 0.497 e. The van der Waals surface area contributed by atoms with E-state index in [0.717, 1.165) is 0 Å². The summed E-state index contributed by atoms with van der Waals surface area (Å²) in [5.74, 6) is -0.620. The number of nitrogens with one attached hydrogen (secondary N) is 1. The summed E-state index contributed by atoms with van der Waals surface area (Å²) in [4.78, 5) is 39.9. The van der Waals surface area contributed by atoms with Crippen LogP contribution in [0.5, 0.6) is 5.75 Å². The van der Waals surface area contributed by atoms with Gasteiger partial charge in [0.2, 0.25) is 5.78 Å². The van der Waals surface area contributed by atoms with Gasteiger partial charge in [0.05, 0.1) is 12.8 Å². The smallest absolute Gasteiger partial charge is 0.270 e. The van der Waals surface area contributed by atoms with Crippen molar-refractivity contribution in [3.63, 3.8) is 0 Å². The molecule has 0 bridgehead atoms. The molecule has 2 heterocycles. The lowest BCUT2D eigenvalue weighted by Gasteiger charge is -2.28. The van der Waals surface area contributed by atoms with Crippen molar-refractivity contribution in [1.82, 2.24) is 5.32 Å². The van der Waals surface area contributed by atoms with Gasteiger partial charge in [0, 0.05) is 16.0 Å². The number of rotatable bonds is 5. The molecule has 0 radical (unpaired) electrons. The minimum absolute atomic E-state index is 0.0172. The Morgan fingerprint density at radius 3 is 2.44 bits per heavy atom. The zero-order chi connectivity index (χ0) is 25.4. The Labute approximate surface area is 215 Å². The van der Waals surface area contributed by atoms with E-state index in [9.17, 15) is 14.4 Å². The van der Waals surface area contributed by atoms with Gasteiger partial charge in [-0.2, -0.15) is 0 Å². The quantitative estimate of drug-likeness (QED) is 0.171. The highest BCUT2D eigenvalue weighted by Gasteiger charge is 2.34. The van der Waals surface area contributed by atoms with Crippen molar-refractivity contribution in [1.29, 1.82) is 0 Å². The summed E-state index contributed by atoms with van der Waals surface area (Å²) in [5.41, 5.74) is 1.93. The number of carbonyl (C=O) groups is 3. The second-order valence-electron chi connectivity index (χ2n) is 7.90. The molecule has 3 aromatic carbocycles. The van der Waals surface area contributed by atoms with Crippen LogP contribution < -0.4 is 15.0 Å². The van der Waals surface area contributed by atoms with E-state index in [1.807, 2.05) is 0 Å². The number of thiocarbonyl (C=S) groups is 1. The number of fused-ring (bicyclic) bond motifs is 1. The molecule has 178 valence electrons. The normalized spacial score (nSPS) is 14.9. The predicted molar refractivity (Wildman–Crippen MR) is 140 cm³/mol. The third-order valence-electron chi connectivity index (χ3n) is 5.61. The molecule has 0 saturated carbocycles. The average Bonchev–Trinajstić information content (AvgIpc) is 3.30. The molecule has 1 aliphatic rings. The van der Waals surface area contributed by atoms with Crippen molar-refractivity contribution in [3.05, 3.63) is 100 Å². The van der Waals surface area contributed by atoms with Gasteiger partial charge in [-0.05, 0) is 90.6 Å². The van der Waals surface area contributed by atoms with Crippen molar-refractivity contribution >= 4 is 69.3 Å². The number of ketones is 1. The fourth-order valence-corrected chi connectivity index (χ4v) is 4.20. The fourth-order valence-electron chi connectivity index (χ4n) is 3.80. The van der Waals surface area contributed by atoms with E-state index in [1.54, 1.807) is 79.9 Å². The number of hydrogen-bond donors (Lipinski definition) is 1. The molecule has 0 aliphatic carbocycles. The molecule has 0 atom stereocenters. The number of furan rings is 1. The fraction of sp³-hybridized carbons (Fsp3) is 0.0370. The van der Waals surface area contributed by atoms with Crippen LogP contribution in [-0.4, -0.2) is 29.8 Å². The van der Waals surface area contributed by atoms with E-state index < -0.39 is 11.8 Å². The van der Waals surface area contributed by atoms with Crippen LogP contribution in [0.3, 0.4) is 0 Å². The zero-order valence-corrected chi connectivity index (χ0v) is 20.4. The van der Waals surface area contributed by atoms with Crippen LogP contribution in [0.4, 0.5) is 5.69 Å². The zero-order valence-electron chi connectivity index (χ0n) is 18.8. The Morgan fingerprint density at radius 1 is 1.03 bits per heavy atom. The summed E-state index contributed by atoms with van der Waals surface area (Å²) in [6.07, 6.45) is 1.47. The molecule has 0 unspecified atom stereocenters. The highest BCUT2D eigenvalue weighted by Crippen LogP contribution is 2.27. The molecule has 1 saturated heterocycles. The first-order valence-electron chi connectivity index (χ1n) is 10.7. The van der Waals surface area contributed by atoms with Crippen LogP contribution in [-0.2, 0) is 9.59 Å². The van der Waals surface area contributed by atoms with Gasteiger partial charge in [-0.3, -0.25) is 24.6 Å². The maximum Gasteiger partial charge on any atom is 0.270 e. The van der Waals surface area contributed by atoms with Gasteiger partial charge in [0.15, 0.2) is 10.9 Å². The first-order valence-corrected chi connectivity index (χ1v) is 11.5. The number of anilines is 1. The van der Waals surface area contributed by atoms with Crippen molar-refractivity contribution in [2.45, 2.75) is 0 Å². The predicted octanol–water partition coefficient (Wildman–Crippen LogP) is 5.16. The molecule has 7 nitrogen and oxygen atoms in total. The monoisotopic (exact) mass is 516 g/mol. The first-order chi connectivity index (χ1) is 17.3. The van der Waals surface area contributed by atoms with Crippen LogP contribution in [0.15, 0.2) is 82.8 Å². The van der Waals surface area contributed by atoms with E-state index in [1.165, 1.54) is 11.0 Å². The lowest BCUT2D eigenvalue weighted by molar-refractivity contribution is -0.122. The van der Waals surface area contributed by atoms with Crippen molar-refractivity contribution in [2.24, 2.45) is 0 Å². The SMILES string of the molecule is COc1ccc(C(=O)c2cc3cc(C=C4C(=O)NC(=S)N(c5ccc(Cl)cc5)C4=O)ccc3o2)cc1. The van der Waals surface area contributed by atoms with Crippen LogP contribution in [0, 0.1) is 0 Å². The lowest BCUT2D eigenvalue weighted by Crippen LogP contribution is -2.54. The maximum atomic E-state index is 13.2. The van der Waals surface area contributed by atoms with Gasteiger partial charge in [0.25, 0.3) is 11.8 Å². The molecule has 2 amide bonds. The van der Waals surface area contributed by atoms with Crippen molar-refractivity contribution in [3.8, 4) is 5.75 Å². The number of carbonyl (C=O) groups excluding carboxylic acids is 3. The summed E-state index contributed by atoms with van der Waals surface area (Å²) in [6, 6.07) is 20.0. The minimum atomic E-state index is -0.599. The van der Waals surface area contributed by atoms with Gasteiger partial charge in [-0.25, -0.2) is 0 Å². The third-order valence-corrected chi connectivity index (χ3v) is 6.15. The second kappa shape index (κ2) is 9.41. The lowest BCUT2D eigenvalue weighted by atomic mass is 10.0. The molecular weight excluding hydrogens is 500 g/mol. The summed E-state index contributed by atoms with van der Waals surface area (Å²) >= 11 is 11.2. The molecule has 0 spiro atoms. The standard InChI is InChI=1S/C27H17ClN2O5S/c1-34-20-9-3-16(4-10-20)24(31)23-14-17-12-15(2-11-22(17)35-23)13-21-25(32)29-27(36)30(26(21)33)19-7-5-18(28)6-8-19/h2-14H,1H3,(H,29,32,36). The number of hydrogen-bond acceptors (Lipinski definition) is 6. The van der Waals surface area contributed by atoms with Gasteiger partial charge in [0.1, 0.15) is 16.9 Å². The summed E-state index contributed by atoms with van der Waals surface area (Å²) in [6.45, 7) is 0. The van der Waals surface area contributed by atoms with E-state index in [0.29, 0.717) is 38.6 Å². The molecular formula is C27H17ClN2O5S. The molecule has 1 aliphatic heterocycles. The Morgan fingerprint density at radius 2 is 1.75 bits per heavy atom. The highest BCUT2D eigenvalue weighted by molar-refractivity contribution is 7.80. The van der Waals surface area contributed by atoms with Crippen molar-refractivity contribution in [2.75, 3.05) is 12.0 Å². The molecule has 36 heavy (non-hydrogen) atoms. The van der Waals surface area contributed by atoms with Crippen LogP contribution in [0.25, 0.3) is 17.0 Å². The number of benzene rings is 3. The van der Waals surface area contributed by atoms with Crippen LogP contribution in [0.2, 0.25) is 5.02 Å². The van der Waals surface area contributed by atoms with Gasteiger partial charge in [-0.15, -0.1) is 0 Å². The number of nitrogens with zero attached hydrogens (tertiary/aromatic N) is 1. The van der Waals surface area contributed by atoms with Gasteiger partial charge >= 0.3 is 0 Å². The summed E-state index contributed by atoms with van der Waals surface area (Å²) in [7, 11) is 1.55. The number of amides is 2. The van der Waals surface area contributed by atoms with Crippen LogP contribution >= 0.6 is 23.8 Å². The third kappa shape index (κ3) is 4.39. The molecule has 4 aromatic rings. The Bertz CT molecular complexity index is 1570. The first kappa shape index (κ1) is 23.5. The molecule has 1 aromatic heterocycles. The Kier molecular flexibility index (Phi) is 6.13. The van der Waals surface area contributed by atoms with E-state index in [-0.39, 0.29) is 22.2 Å². The van der Waals surface area contributed by atoms with Crippen LogP contribution in [0.1, 0.15) is 21.7 Å². The van der Waals surface area contributed by atoms with E-state index in [4.69, 9.17) is 33.0 Å². The average molecular weight is 517 g/mol. The van der Waals surface area contributed by atoms with E-state index >= 15 is 0 Å². The summed E-state index contributed by atoms with van der Waals surface area (Å²) < 4.78 is 10.9. The number of halogens is 1. The maximum absolute atomic E-state index is 13.2. The number of methoxy groups -OCH3 is 1. The summed E-state index contributed by atoms with van der Waals surface area (Å²) in [5, 5.41) is 3.69. The van der Waals surface area contributed by atoms with E-state index in [2.05, 4.69) is 5.32 Å². The topological polar surface area (TPSA) is 88.9 Å². The highest BCUT2D eigenvalue weighted by atomic mass is 35.5. The molecule has 1 fully saturated rings. The Hall–Kier alpha value is -4.27. The molecule has 9 heteroatoms. The molecule has 5 rings (SSSR count). The van der Waals surface area contributed by atoms with Gasteiger partial charge in [-0.1, -0.05) is 17.7 Å². The Balaban J connectivity index is 1.45. The second-order valence-corrected chi connectivity index (χ2v) is 8.72. The molecule has 1 N–H and O–H groups in total. The van der Waals surface area contributed by atoms with Gasteiger partial charge < -0.3 is 9.15 Å². The number of ether oxygens (including phenoxy) is 1. The van der Waals surface area contributed by atoms with Crippen molar-refractivity contribution < 1.29 is 23.5 Å². The minimum Gasteiger partial charge on any atom is -0.497 e.